The van der Waals surface area contributed by atoms with E-state index in [1.54, 1.807) is 0 Å². The van der Waals surface area contributed by atoms with Gasteiger partial charge in [0.15, 0.2) is 0 Å². The van der Waals surface area contributed by atoms with Gasteiger partial charge >= 0.3 is 0 Å². The summed E-state index contributed by atoms with van der Waals surface area (Å²) in [4.78, 5) is 14.9. The molecule has 3 nitrogen and oxygen atoms in total. The van der Waals surface area contributed by atoms with E-state index in [2.05, 4.69) is 4.90 Å². The van der Waals surface area contributed by atoms with Gasteiger partial charge in [0.05, 0.1) is 0 Å². The summed E-state index contributed by atoms with van der Waals surface area (Å²) in [6.07, 6.45) is 8.47. The van der Waals surface area contributed by atoms with E-state index >= 15 is 0 Å². The van der Waals surface area contributed by atoms with Crippen molar-refractivity contribution in [1.29, 1.82) is 0 Å². The first-order valence-electron chi connectivity index (χ1n) is 7.33. The standard InChI is InChI=1S/C14H22N2O/c15-8-6-9-4-5-10(7-8)16(9)14(17)13-11-2-1-3-12(11)13/h8-13H,1-7,15H2. The molecule has 2 saturated carbocycles. The van der Waals surface area contributed by atoms with E-state index < -0.39 is 0 Å². The summed E-state index contributed by atoms with van der Waals surface area (Å²) in [5.41, 5.74) is 6.06. The van der Waals surface area contributed by atoms with E-state index in [1.165, 1.54) is 32.1 Å². The molecule has 3 heteroatoms. The van der Waals surface area contributed by atoms with Gasteiger partial charge < -0.3 is 10.6 Å². The molecule has 4 aliphatic rings. The fourth-order valence-electron chi connectivity index (χ4n) is 4.94. The predicted octanol–water partition coefficient (Wildman–Crippen LogP) is 1.51. The minimum absolute atomic E-state index is 0.343. The molecule has 2 bridgehead atoms. The summed E-state index contributed by atoms with van der Waals surface area (Å²) in [6.45, 7) is 0. The highest BCUT2D eigenvalue weighted by molar-refractivity contribution is 5.83. The van der Waals surface area contributed by atoms with Crippen molar-refractivity contribution in [2.45, 2.75) is 63.1 Å². The summed E-state index contributed by atoms with van der Waals surface area (Å²) < 4.78 is 0. The second kappa shape index (κ2) is 3.47. The van der Waals surface area contributed by atoms with E-state index in [-0.39, 0.29) is 0 Å². The first-order chi connectivity index (χ1) is 8.25. The Balaban J connectivity index is 1.50. The van der Waals surface area contributed by atoms with Gasteiger partial charge in [-0.1, -0.05) is 6.42 Å². The van der Waals surface area contributed by atoms with Crippen LogP contribution >= 0.6 is 0 Å². The molecule has 0 radical (unpaired) electrons. The Kier molecular flexibility index (Phi) is 2.11. The van der Waals surface area contributed by atoms with Crippen molar-refractivity contribution in [2.24, 2.45) is 23.5 Å². The maximum absolute atomic E-state index is 12.6. The van der Waals surface area contributed by atoms with E-state index in [0.717, 1.165) is 24.7 Å². The number of carbonyl (C=O) groups is 1. The smallest absolute Gasteiger partial charge is 0.226 e. The lowest BCUT2D eigenvalue weighted by Gasteiger charge is -2.38. The Hall–Kier alpha value is -0.570. The van der Waals surface area contributed by atoms with Crippen LogP contribution in [0.25, 0.3) is 0 Å². The van der Waals surface area contributed by atoms with Gasteiger partial charge in [0, 0.05) is 24.0 Å². The maximum atomic E-state index is 12.6. The van der Waals surface area contributed by atoms with Crippen LogP contribution in [0.15, 0.2) is 0 Å². The zero-order valence-corrected chi connectivity index (χ0v) is 10.3. The normalized spacial score (nSPS) is 51.5. The van der Waals surface area contributed by atoms with Gasteiger partial charge in [0.2, 0.25) is 5.91 Å². The number of amides is 1. The summed E-state index contributed by atoms with van der Waals surface area (Å²) in [5.74, 6) is 2.44. The highest BCUT2D eigenvalue weighted by Gasteiger charge is 2.59. The number of rotatable bonds is 1. The van der Waals surface area contributed by atoms with Crippen LogP contribution < -0.4 is 5.73 Å². The molecule has 2 N–H and O–H groups in total. The van der Waals surface area contributed by atoms with Crippen LogP contribution in [-0.2, 0) is 4.79 Å². The van der Waals surface area contributed by atoms with Crippen LogP contribution in [0.1, 0.15) is 44.9 Å². The molecule has 2 aliphatic heterocycles. The van der Waals surface area contributed by atoms with E-state index in [0.29, 0.717) is 30.0 Å². The Morgan fingerprint density at radius 1 is 1.00 bits per heavy atom. The van der Waals surface area contributed by atoms with Crippen LogP contribution in [-0.4, -0.2) is 28.9 Å². The second-order valence-electron chi connectivity index (χ2n) is 6.65. The molecule has 0 spiro atoms. The Bertz CT molecular complexity index is 332. The van der Waals surface area contributed by atoms with E-state index in [4.69, 9.17) is 5.73 Å². The molecule has 4 rings (SSSR count). The average Bonchev–Trinajstić information content (AvgIpc) is 2.65. The molecule has 0 aromatic rings. The summed E-state index contributed by atoms with van der Waals surface area (Å²) in [7, 11) is 0. The Morgan fingerprint density at radius 3 is 2.18 bits per heavy atom. The van der Waals surface area contributed by atoms with Crippen molar-refractivity contribution in [2.75, 3.05) is 0 Å². The average molecular weight is 234 g/mol. The van der Waals surface area contributed by atoms with Crippen molar-refractivity contribution < 1.29 is 4.79 Å². The molecule has 2 aliphatic carbocycles. The topological polar surface area (TPSA) is 46.3 Å². The van der Waals surface area contributed by atoms with Gasteiger partial charge in [0.25, 0.3) is 0 Å². The van der Waals surface area contributed by atoms with E-state index in [1.807, 2.05) is 0 Å². The minimum Gasteiger partial charge on any atom is -0.336 e. The molecule has 0 aromatic heterocycles. The van der Waals surface area contributed by atoms with Gasteiger partial charge in [-0.25, -0.2) is 0 Å². The van der Waals surface area contributed by atoms with Gasteiger partial charge in [-0.2, -0.15) is 0 Å². The molecule has 2 saturated heterocycles. The number of nitrogens with zero attached hydrogens (tertiary/aromatic N) is 1. The third-order valence-electron chi connectivity index (χ3n) is 5.72. The molecular formula is C14H22N2O. The van der Waals surface area contributed by atoms with Crippen molar-refractivity contribution >= 4 is 5.91 Å². The van der Waals surface area contributed by atoms with Crippen LogP contribution in [0.2, 0.25) is 0 Å². The summed E-state index contributed by atoms with van der Waals surface area (Å²) in [5, 5.41) is 0. The number of fused-ring (bicyclic) bond motifs is 3. The Labute approximate surface area is 103 Å². The van der Waals surface area contributed by atoms with Crippen LogP contribution in [0.3, 0.4) is 0 Å². The zero-order valence-electron chi connectivity index (χ0n) is 10.3. The van der Waals surface area contributed by atoms with Gasteiger partial charge in [-0.15, -0.1) is 0 Å². The third kappa shape index (κ3) is 1.41. The predicted molar refractivity (Wildman–Crippen MR) is 65.2 cm³/mol. The lowest BCUT2D eigenvalue weighted by atomic mass is 9.97. The fourth-order valence-corrected chi connectivity index (χ4v) is 4.94. The van der Waals surface area contributed by atoms with Crippen molar-refractivity contribution in [1.82, 2.24) is 4.90 Å². The zero-order chi connectivity index (χ0) is 11.6. The van der Waals surface area contributed by atoms with Crippen LogP contribution in [0.4, 0.5) is 0 Å². The fraction of sp³-hybridized carbons (Fsp3) is 0.929. The van der Waals surface area contributed by atoms with Crippen molar-refractivity contribution in [3.05, 3.63) is 0 Å². The van der Waals surface area contributed by atoms with Gasteiger partial charge in [0.1, 0.15) is 0 Å². The lowest BCUT2D eigenvalue weighted by Crippen LogP contribution is -2.51. The second-order valence-corrected chi connectivity index (χ2v) is 6.65. The highest BCUT2D eigenvalue weighted by atomic mass is 16.2. The van der Waals surface area contributed by atoms with Crippen molar-refractivity contribution in [3.8, 4) is 0 Å². The van der Waals surface area contributed by atoms with Gasteiger partial charge in [-0.3, -0.25) is 4.79 Å². The molecule has 0 aromatic carbocycles. The summed E-state index contributed by atoms with van der Waals surface area (Å²) in [6, 6.07) is 1.31. The monoisotopic (exact) mass is 234 g/mol. The Morgan fingerprint density at radius 2 is 1.59 bits per heavy atom. The van der Waals surface area contributed by atoms with Gasteiger partial charge in [-0.05, 0) is 50.4 Å². The first-order valence-corrected chi connectivity index (χ1v) is 7.33. The molecule has 1 amide bonds. The number of hydrogen-bond acceptors (Lipinski definition) is 2. The first kappa shape index (κ1) is 10.4. The molecular weight excluding hydrogens is 212 g/mol. The maximum Gasteiger partial charge on any atom is 0.226 e. The minimum atomic E-state index is 0.343. The number of carbonyl (C=O) groups excluding carboxylic acids is 1. The molecule has 4 atom stereocenters. The van der Waals surface area contributed by atoms with Crippen LogP contribution in [0.5, 0.6) is 0 Å². The third-order valence-corrected chi connectivity index (χ3v) is 5.72. The number of nitrogens with two attached hydrogens (primary N) is 1. The summed E-state index contributed by atoms with van der Waals surface area (Å²) >= 11 is 0. The van der Waals surface area contributed by atoms with Crippen LogP contribution in [0, 0.1) is 17.8 Å². The number of hydrogen-bond donors (Lipinski definition) is 1. The van der Waals surface area contributed by atoms with E-state index in [9.17, 15) is 4.79 Å². The van der Waals surface area contributed by atoms with Crippen molar-refractivity contribution in [3.63, 3.8) is 0 Å². The SMILES string of the molecule is NC1CC2CCC(C1)N2C(=O)C1C2CCCC21. The number of piperidine rings is 1. The lowest BCUT2D eigenvalue weighted by molar-refractivity contribution is -0.138. The highest BCUT2D eigenvalue weighted by Crippen LogP contribution is 2.59. The molecule has 4 fully saturated rings. The molecule has 94 valence electrons. The largest absolute Gasteiger partial charge is 0.336 e. The molecule has 4 unspecified atom stereocenters. The molecule has 17 heavy (non-hydrogen) atoms. The quantitative estimate of drug-likeness (QED) is 0.747. The molecule has 2 heterocycles.